The van der Waals surface area contributed by atoms with Gasteiger partial charge in [-0.1, -0.05) is 11.3 Å². The number of nitrogen functional groups attached to an aromatic ring is 1. The van der Waals surface area contributed by atoms with Crippen LogP contribution in [0.4, 0.5) is 10.9 Å². The Morgan fingerprint density at radius 1 is 1.48 bits per heavy atom. The molecule has 1 fully saturated rings. The number of hydrogen-bond acceptors (Lipinski definition) is 8. The second-order valence-electron chi connectivity index (χ2n) is 4.56. The van der Waals surface area contributed by atoms with Crippen molar-refractivity contribution in [2.24, 2.45) is 0 Å². The minimum absolute atomic E-state index is 0.193. The van der Waals surface area contributed by atoms with Crippen molar-refractivity contribution in [3.63, 3.8) is 0 Å². The largest absolute Gasteiger partial charge is 0.382 e. The standard InChI is InChI=1S/C12H16N6OS2/c13-10-9(11(19)16-7-8-15-3-6-20-8)21-12(17-10)18-4-1-14-2-5-18/h3,6,14H,1-2,4-5,7,13H2,(H,16,19). The molecule has 0 spiro atoms. The van der Waals surface area contributed by atoms with E-state index >= 15 is 0 Å². The van der Waals surface area contributed by atoms with E-state index in [4.69, 9.17) is 5.73 Å². The lowest BCUT2D eigenvalue weighted by Crippen LogP contribution is -2.43. The van der Waals surface area contributed by atoms with Crippen LogP contribution in [-0.4, -0.2) is 42.1 Å². The number of thiazole rings is 2. The molecule has 1 aliphatic rings. The third kappa shape index (κ3) is 3.31. The molecule has 0 saturated carbocycles. The highest BCUT2D eigenvalue weighted by atomic mass is 32.1. The number of carbonyl (C=O) groups excluding carboxylic acids is 1. The van der Waals surface area contributed by atoms with E-state index in [0.717, 1.165) is 36.3 Å². The summed E-state index contributed by atoms with van der Waals surface area (Å²) in [6.07, 6.45) is 1.72. The fourth-order valence-electron chi connectivity index (χ4n) is 2.05. The summed E-state index contributed by atoms with van der Waals surface area (Å²) in [4.78, 5) is 23.3. The average molecular weight is 324 g/mol. The number of anilines is 2. The van der Waals surface area contributed by atoms with Crippen LogP contribution in [0.1, 0.15) is 14.7 Å². The number of nitrogens with two attached hydrogens (primary N) is 1. The Morgan fingerprint density at radius 2 is 2.29 bits per heavy atom. The SMILES string of the molecule is Nc1nc(N2CCNCC2)sc1C(=O)NCc1nccs1. The lowest BCUT2D eigenvalue weighted by atomic mass is 10.4. The van der Waals surface area contributed by atoms with Gasteiger partial charge in [0.05, 0.1) is 6.54 Å². The van der Waals surface area contributed by atoms with E-state index in [1.54, 1.807) is 6.20 Å². The summed E-state index contributed by atoms with van der Waals surface area (Å²) >= 11 is 2.85. The molecule has 1 aliphatic heterocycles. The summed E-state index contributed by atoms with van der Waals surface area (Å²) in [5.41, 5.74) is 5.88. The van der Waals surface area contributed by atoms with Crippen LogP contribution in [0.15, 0.2) is 11.6 Å². The molecule has 1 amide bonds. The molecule has 0 bridgehead atoms. The molecule has 0 aromatic carbocycles. The molecule has 1 saturated heterocycles. The number of aromatic nitrogens is 2. The summed E-state index contributed by atoms with van der Waals surface area (Å²) in [7, 11) is 0. The third-order valence-corrected chi connectivity index (χ3v) is 5.03. The van der Waals surface area contributed by atoms with E-state index in [1.807, 2.05) is 5.38 Å². The topological polar surface area (TPSA) is 96.2 Å². The van der Waals surface area contributed by atoms with Crippen molar-refractivity contribution in [2.75, 3.05) is 36.8 Å². The van der Waals surface area contributed by atoms with E-state index in [0.29, 0.717) is 17.2 Å². The van der Waals surface area contributed by atoms with Gasteiger partial charge in [0.2, 0.25) is 0 Å². The fourth-order valence-corrected chi connectivity index (χ4v) is 3.56. The molecule has 7 nitrogen and oxygen atoms in total. The quantitative estimate of drug-likeness (QED) is 0.759. The zero-order chi connectivity index (χ0) is 14.7. The van der Waals surface area contributed by atoms with Crippen LogP contribution in [0.2, 0.25) is 0 Å². The monoisotopic (exact) mass is 324 g/mol. The first-order valence-electron chi connectivity index (χ1n) is 6.62. The van der Waals surface area contributed by atoms with Crippen LogP contribution >= 0.6 is 22.7 Å². The van der Waals surface area contributed by atoms with Gasteiger partial charge < -0.3 is 21.3 Å². The molecule has 9 heteroatoms. The minimum Gasteiger partial charge on any atom is -0.382 e. The summed E-state index contributed by atoms with van der Waals surface area (Å²) in [5.74, 6) is 0.103. The Hall–Kier alpha value is -1.71. The predicted molar refractivity (Wildman–Crippen MR) is 84.9 cm³/mol. The van der Waals surface area contributed by atoms with Crippen molar-refractivity contribution < 1.29 is 4.79 Å². The van der Waals surface area contributed by atoms with Gasteiger partial charge in [-0.2, -0.15) is 0 Å². The molecular weight excluding hydrogens is 308 g/mol. The van der Waals surface area contributed by atoms with Gasteiger partial charge >= 0.3 is 0 Å². The van der Waals surface area contributed by atoms with Crippen molar-refractivity contribution in [3.8, 4) is 0 Å². The number of hydrogen-bond donors (Lipinski definition) is 3. The van der Waals surface area contributed by atoms with E-state index in [1.165, 1.54) is 22.7 Å². The first-order chi connectivity index (χ1) is 10.2. The van der Waals surface area contributed by atoms with Gasteiger partial charge in [-0.15, -0.1) is 11.3 Å². The second kappa shape index (κ2) is 6.37. The molecule has 4 N–H and O–H groups in total. The fraction of sp³-hybridized carbons (Fsp3) is 0.417. The van der Waals surface area contributed by atoms with Gasteiger partial charge in [-0.05, 0) is 0 Å². The van der Waals surface area contributed by atoms with Crippen molar-refractivity contribution >= 4 is 39.5 Å². The van der Waals surface area contributed by atoms with Crippen molar-refractivity contribution in [2.45, 2.75) is 6.54 Å². The minimum atomic E-state index is -0.193. The lowest BCUT2D eigenvalue weighted by molar-refractivity contribution is 0.0955. The van der Waals surface area contributed by atoms with Gasteiger partial charge in [0.15, 0.2) is 5.13 Å². The molecule has 2 aromatic rings. The van der Waals surface area contributed by atoms with Gasteiger partial charge in [0.1, 0.15) is 15.7 Å². The van der Waals surface area contributed by atoms with Crippen molar-refractivity contribution in [1.82, 2.24) is 20.6 Å². The Morgan fingerprint density at radius 3 is 3.00 bits per heavy atom. The number of amides is 1. The summed E-state index contributed by atoms with van der Waals surface area (Å²) < 4.78 is 0. The van der Waals surface area contributed by atoms with Crippen molar-refractivity contribution in [1.29, 1.82) is 0 Å². The van der Waals surface area contributed by atoms with Crippen LogP contribution in [0.3, 0.4) is 0 Å². The highest BCUT2D eigenvalue weighted by molar-refractivity contribution is 7.18. The summed E-state index contributed by atoms with van der Waals surface area (Å²) in [6.45, 7) is 4.02. The van der Waals surface area contributed by atoms with E-state index in [2.05, 4.69) is 25.5 Å². The highest BCUT2D eigenvalue weighted by Crippen LogP contribution is 2.28. The third-order valence-electron chi connectivity index (χ3n) is 3.12. The molecule has 0 atom stereocenters. The predicted octanol–water partition coefficient (Wildman–Crippen LogP) is 0.521. The molecule has 0 radical (unpaired) electrons. The van der Waals surface area contributed by atoms with Gasteiger partial charge in [0, 0.05) is 37.8 Å². The Labute approximate surface area is 130 Å². The second-order valence-corrected chi connectivity index (χ2v) is 6.51. The molecular formula is C12H16N6OS2. The number of nitrogens with zero attached hydrogens (tertiary/aromatic N) is 3. The molecule has 3 rings (SSSR count). The van der Waals surface area contributed by atoms with E-state index in [-0.39, 0.29) is 5.91 Å². The molecule has 112 valence electrons. The number of nitrogens with one attached hydrogen (secondary N) is 2. The Kier molecular flexibility index (Phi) is 4.32. The maximum Gasteiger partial charge on any atom is 0.265 e. The first-order valence-corrected chi connectivity index (χ1v) is 8.32. The highest BCUT2D eigenvalue weighted by Gasteiger charge is 2.20. The Bertz CT molecular complexity index is 605. The van der Waals surface area contributed by atoms with Gasteiger partial charge in [0.25, 0.3) is 5.91 Å². The van der Waals surface area contributed by atoms with E-state index < -0.39 is 0 Å². The van der Waals surface area contributed by atoms with E-state index in [9.17, 15) is 4.79 Å². The van der Waals surface area contributed by atoms with Crippen LogP contribution < -0.4 is 21.3 Å². The summed E-state index contributed by atoms with van der Waals surface area (Å²) in [6, 6.07) is 0. The molecule has 2 aromatic heterocycles. The zero-order valence-electron chi connectivity index (χ0n) is 11.3. The molecule has 21 heavy (non-hydrogen) atoms. The van der Waals surface area contributed by atoms with Crippen LogP contribution in [0.5, 0.6) is 0 Å². The molecule has 3 heterocycles. The Balaban J connectivity index is 1.66. The average Bonchev–Trinajstić information content (AvgIpc) is 3.15. The number of piperazine rings is 1. The van der Waals surface area contributed by atoms with Crippen molar-refractivity contribution in [3.05, 3.63) is 21.5 Å². The lowest BCUT2D eigenvalue weighted by Gasteiger charge is -2.26. The van der Waals surface area contributed by atoms with Gasteiger partial charge in [-0.3, -0.25) is 4.79 Å². The smallest absolute Gasteiger partial charge is 0.265 e. The van der Waals surface area contributed by atoms with Gasteiger partial charge in [-0.25, -0.2) is 9.97 Å². The van der Waals surface area contributed by atoms with Crippen LogP contribution in [0, 0.1) is 0 Å². The zero-order valence-corrected chi connectivity index (χ0v) is 13.0. The summed E-state index contributed by atoms with van der Waals surface area (Å²) in [5, 5.41) is 9.67. The number of carbonyl (C=O) groups is 1. The van der Waals surface area contributed by atoms with Crippen LogP contribution in [-0.2, 0) is 6.54 Å². The van der Waals surface area contributed by atoms with Crippen LogP contribution in [0.25, 0.3) is 0 Å². The molecule has 0 unspecified atom stereocenters. The number of rotatable bonds is 4. The maximum absolute atomic E-state index is 12.2. The maximum atomic E-state index is 12.2. The molecule has 0 aliphatic carbocycles. The normalized spacial score (nSPS) is 15.1. The first kappa shape index (κ1) is 14.2.